The van der Waals surface area contributed by atoms with E-state index in [1.165, 1.54) is 11.3 Å². The first kappa shape index (κ1) is 20.0. The Kier molecular flexibility index (Phi) is 6.41. The number of hydrogen-bond acceptors (Lipinski definition) is 5. The normalized spacial score (nSPS) is 14.0. The minimum atomic E-state index is -0.890. The highest BCUT2D eigenvalue weighted by Gasteiger charge is 2.26. The lowest BCUT2D eigenvalue weighted by Gasteiger charge is -2.14. The summed E-state index contributed by atoms with van der Waals surface area (Å²) in [5.74, 6) is -0.776. The average Bonchev–Trinajstić information content (AvgIpc) is 3.33. The topological polar surface area (TPSA) is 108 Å². The molecule has 8 heteroatoms. The summed E-state index contributed by atoms with van der Waals surface area (Å²) in [6, 6.07) is 4.94. The van der Waals surface area contributed by atoms with Gasteiger partial charge in [-0.15, -0.1) is 11.3 Å². The van der Waals surface area contributed by atoms with Gasteiger partial charge in [0.05, 0.1) is 17.8 Å². The van der Waals surface area contributed by atoms with Crippen LogP contribution in [0.2, 0.25) is 0 Å². The van der Waals surface area contributed by atoms with Crippen LogP contribution in [0.25, 0.3) is 0 Å². The lowest BCUT2D eigenvalue weighted by molar-refractivity contribution is -0.136. The van der Waals surface area contributed by atoms with Crippen LogP contribution in [0.1, 0.15) is 53.7 Å². The van der Waals surface area contributed by atoms with Crippen LogP contribution in [0.15, 0.2) is 23.6 Å². The van der Waals surface area contributed by atoms with Crippen molar-refractivity contribution in [2.75, 3.05) is 10.6 Å². The van der Waals surface area contributed by atoms with Gasteiger partial charge >= 0.3 is 12.0 Å². The Morgan fingerprint density at radius 1 is 1.21 bits per heavy atom. The van der Waals surface area contributed by atoms with E-state index in [9.17, 15) is 14.4 Å². The molecule has 148 valence electrons. The number of carboxylic acid groups (broad SMARTS) is 1. The predicted octanol–water partition coefficient (Wildman–Crippen LogP) is 4.49. The van der Waals surface area contributed by atoms with Gasteiger partial charge in [-0.3, -0.25) is 14.9 Å². The summed E-state index contributed by atoms with van der Waals surface area (Å²) in [6.45, 7) is 1.92. The summed E-state index contributed by atoms with van der Waals surface area (Å²) < 4.78 is 0. The Balaban J connectivity index is 1.67. The van der Waals surface area contributed by atoms with Gasteiger partial charge in [-0.1, -0.05) is 24.5 Å². The first-order valence-corrected chi connectivity index (χ1v) is 10.2. The molecule has 2 amide bonds. The molecule has 0 bridgehead atoms. The van der Waals surface area contributed by atoms with Gasteiger partial charge in [0.25, 0.3) is 0 Å². The molecule has 1 heterocycles. The molecule has 28 heavy (non-hydrogen) atoms. The maximum atomic E-state index is 12.9. The zero-order valence-electron chi connectivity index (χ0n) is 15.7. The van der Waals surface area contributed by atoms with Gasteiger partial charge in [0.2, 0.25) is 0 Å². The van der Waals surface area contributed by atoms with Gasteiger partial charge in [-0.25, -0.2) is 9.78 Å². The van der Waals surface area contributed by atoms with Gasteiger partial charge in [-0.05, 0) is 31.9 Å². The standard InChI is InChI=1S/C20H23N3O4S/c1-12-6-8-16(15(10-12)18(26)13-4-2-3-5-13)22-19(27)23-20-21-14(11-28-20)7-9-17(24)25/h6,8,10-11,13H,2-5,7,9H2,1H3,(H,24,25)(H2,21,22,23,27). The zero-order chi connectivity index (χ0) is 20.1. The minimum Gasteiger partial charge on any atom is -0.481 e. The molecule has 1 aliphatic carbocycles. The van der Waals surface area contributed by atoms with Gasteiger partial charge in [0.1, 0.15) is 0 Å². The molecule has 0 unspecified atom stereocenters. The molecule has 1 aromatic carbocycles. The number of hydrogen-bond donors (Lipinski definition) is 3. The summed E-state index contributed by atoms with van der Waals surface area (Å²) in [5, 5.41) is 16.2. The number of Topliss-reactive ketones (excluding diaryl/α,β-unsaturated/α-hetero) is 1. The highest BCUT2D eigenvalue weighted by molar-refractivity contribution is 7.13. The molecule has 0 aliphatic heterocycles. The van der Waals surface area contributed by atoms with Crippen molar-refractivity contribution < 1.29 is 19.5 Å². The molecule has 7 nitrogen and oxygen atoms in total. The Labute approximate surface area is 167 Å². The second-order valence-electron chi connectivity index (χ2n) is 7.01. The number of carbonyl (C=O) groups excluding carboxylic acids is 2. The number of benzene rings is 1. The van der Waals surface area contributed by atoms with E-state index in [2.05, 4.69) is 15.6 Å². The monoisotopic (exact) mass is 401 g/mol. The molecule has 1 aromatic heterocycles. The fraction of sp³-hybridized carbons (Fsp3) is 0.400. The number of nitrogens with one attached hydrogen (secondary N) is 2. The number of ketones is 1. The maximum Gasteiger partial charge on any atom is 0.325 e. The Morgan fingerprint density at radius 3 is 2.68 bits per heavy atom. The summed E-state index contributed by atoms with van der Waals surface area (Å²) in [6.07, 6.45) is 4.24. The number of carbonyl (C=O) groups is 3. The zero-order valence-corrected chi connectivity index (χ0v) is 16.5. The highest BCUT2D eigenvalue weighted by Crippen LogP contribution is 2.31. The Morgan fingerprint density at radius 2 is 1.96 bits per heavy atom. The fourth-order valence-electron chi connectivity index (χ4n) is 3.34. The average molecular weight is 401 g/mol. The van der Waals surface area contributed by atoms with Crippen LogP contribution in [0.4, 0.5) is 15.6 Å². The van der Waals surface area contributed by atoms with Crippen molar-refractivity contribution in [3.63, 3.8) is 0 Å². The van der Waals surface area contributed by atoms with E-state index in [0.29, 0.717) is 28.5 Å². The largest absolute Gasteiger partial charge is 0.481 e. The number of aliphatic carboxylic acids is 1. The van der Waals surface area contributed by atoms with Gasteiger partial charge in [0, 0.05) is 23.3 Å². The number of carboxylic acids is 1. The number of rotatable bonds is 7. The molecular weight excluding hydrogens is 378 g/mol. The minimum absolute atomic E-state index is 0.00856. The third-order valence-electron chi connectivity index (χ3n) is 4.78. The molecule has 0 spiro atoms. The second-order valence-corrected chi connectivity index (χ2v) is 7.87. The summed E-state index contributed by atoms with van der Waals surface area (Å²) in [7, 11) is 0. The van der Waals surface area contributed by atoms with Crippen LogP contribution < -0.4 is 10.6 Å². The van der Waals surface area contributed by atoms with Crippen LogP contribution in [0.3, 0.4) is 0 Å². The number of amides is 2. The van der Waals surface area contributed by atoms with Crippen molar-refractivity contribution >= 4 is 39.9 Å². The van der Waals surface area contributed by atoms with E-state index < -0.39 is 12.0 Å². The van der Waals surface area contributed by atoms with Gasteiger partial charge < -0.3 is 10.4 Å². The number of aromatic nitrogens is 1. The SMILES string of the molecule is Cc1ccc(NC(=O)Nc2nc(CCC(=O)O)cs2)c(C(=O)C2CCCC2)c1. The van der Waals surface area contributed by atoms with Crippen LogP contribution in [0, 0.1) is 12.8 Å². The van der Waals surface area contributed by atoms with Crippen molar-refractivity contribution in [2.24, 2.45) is 5.92 Å². The third-order valence-corrected chi connectivity index (χ3v) is 5.59. The van der Waals surface area contributed by atoms with E-state index in [-0.39, 0.29) is 18.1 Å². The first-order chi connectivity index (χ1) is 13.4. The molecule has 1 fully saturated rings. The summed E-state index contributed by atoms with van der Waals surface area (Å²) >= 11 is 1.23. The molecule has 0 saturated heterocycles. The van der Waals surface area contributed by atoms with Gasteiger partial charge in [0.15, 0.2) is 10.9 Å². The number of urea groups is 1. The van der Waals surface area contributed by atoms with E-state index >= 15 is 0 Å². The number of thiazole rings is 1. The smallest absolute Gasteiger partial charge is 0.325 e. The molecule has 2 aromatic rings. The van der Waals surface area contributed by atoms with Crippen molar-refractivity contribution in [2.45, 2.75) is 45.4 Å². The van der Waals surface area contributed by atoms with Crippen LogP contribution in [-0.2, 0) is 11.2 Å². The molecule has 3 rings (SSSR count). The molecule has 0 atom stereocenters. The Hall–Kier alpha value is -2.74. The van der Waals surface area contributed by atoms with Crippen molar-refractivity contribution in [1.29, 1.82) is 0 Å². The molecule has 1 aliphatic rings. The van der Waals surface area contributed by atoms with Gasteiger partial charge in [-0.2, -0.15) is 0 Å². The first-order valence-electron chi connectivity index (χ1n) is 9.31. The fourth-order valence-corrected chi connectivity index (χ4v) is 4.08. The highest BCUT2D eigenvalue weighted by atomic mass is 32.1. The maximum absolute atomic E-state index is 12.9. The lowest BCUT2D eigenvalue weighted by Crippen LogP contribution is -2.22. The van der Waals surface area contributed by atoms with E-state index in [0.717, 1.165) is 31.2 Å². The molecule has 1 saturated carbocycles. The Bertz CT molecular complexity index is 887. The molecule has 3 N–H and O–H groups in total. The summed E-state index contributed by atoms with van der Waals surface area (Å²) in [5.41, 5.74) is 2.62. The third kappa shape index (κ3) is 5.16. The van der Waals surface area contributed by atoms with E-state index in [1.807, 2.05) is 19.1 Å². The summed E-state index contributed by atoms with van der Waals surface area (Å²) in [4.78, 5) is 40.1. The lowest BCUT2D eigenvalue weighted by atomic mass is 9.94. The predicted molar refractivity (Wildman–Crippen MR) is 108 cm³/mol. The number of nitrogens with zero attached hydrogens (tertiary/aromatic N) is 1. The number of aryl methyl sites for hydroxylation is 2. The van der Waals surface area contributed by atoms with Crippen LogP contribution >= 0.6 is 11.3 Å². The van der Waals surface area contributed by atoms with Crippen molar-refractivity contribution in [1.82, 2.24) is 4.98 Å². The molecular formula is C20H23N3O4S. The molecule has 0 radical (unpaired) electrons. The van der Waals surface area contributed by atoms with E-state index in [4.69, 9.17) is 5.11 Å². The van der Waals surface area contributed by atoms with Crippen molar-refractivity contribution in [3.05, 3.63) is 40.4 Å². The second kappa shape index (κ2) is 8.97. The van der Waals surface area contributed by atoms with E-state index in [1.54, 1.807) is 11.4 Å². The van der Waals surface area contributed by atoms with Crippen molar-refractivity contribution in [3.8, 4) is 0 Å². The van der Waals surface area contributed by atoms with Crippen LogP contribution in [-0.4, -0.2) is 27.9 Å². The quantitative estimate of drug-likeness (QED) is 0.593. The number of anilines is 2. The van der Waals surface area contributed by atoms with Crippen LogP contribution in [0.5, 0.6) is 0 Å².